The quantitative estimate of drug-likeness (QED) is 0.0778. The molecule has 0 bridgehead atoms. The lowest BCUT2D eigenvalue weighted by atomic mass is 10.0. The molecule has 0 aromatic rings. The van der Waals surface area contributed by atoms with Crippen LogP contribution in [0.5, 0.6) is 0 Å². The number of esters is 2. The van der Waals surface area contributed by atoms with Crippen molar-refractivity contribution in [1.82, 2.24) is 0 Å². The van der Waals surface area contributed by atoms with Gasteiger partial charge in [-0.1, -0.05) is 46.6 Å². The zero-order chi connectivity index (χ0) is 34.0. The van der Waals surface area contributed by atoms with E-state index < -0.39 is 0 Å². The number of methoxy groups -OCH3 is 2. The molecule has 0 rings (SSSR count). The highest BCUT2D eigenvalue weighted by Crippen LogP contribution is 2.19. The van der Waals surface area contributed by atoms with Gasteiger partial charge in [0.05, 0.1) is 13.2 Å². The van der Waals surface area contributed by atoms with Gasteiger partial charge in [0.15, 0.2) is 0 Å². The Labute approximate surface area is 274 Å². The van der Waals surface area contributed by atoms with Gasteiger partial charge in [-0.3, -0.25) is 9.59 Å². The highest BCUT2D eigenvalue weighted by Gasteiger charge is 2.19. The van der Waals surface area contributed by atoms with E-state index in [4.69, 9.17) is 23.7 Å². The summed E-state index contributed by atoms with van der Waals surface area (Å²) in [6.45, 7) is 17.2. The van der Waals surface area contributed by atoms with E-state index in [2.05, 4.69) is 65.8 Å². The summed E-state index contributed by atoms with van der Waals surface area (Å²) in [4.78, 5) is 21.8. The van der Waals surface area contributed by atoms with Crippen molar-refractivity contribution in [2.75, 3.05) is 40.6 Å². The van der Waals surface area contributed by atoms with Crippen LogP contribution < -0.4 is 0 Å². The second kappa shape index (κ2) is 26.5. The maximum atomic E-state index is 10.9. The lowest BCUT2D eigenvalue weighted by molar-refractivity contribution is -0.140. The van der Waals surface area contributed by atoms with Crippen molar-refractivity contribution >= 4 is 11.9 Å². The third-order valence-corrected chi connectivity index (χ3v) is 7.49. The second-order valence-electron chi connectivity index (χ2n) is 11.9. The van der Waals surface area contributed by atoms with Crippen LogP contribution in [0.15, 0.2) is 69.9 Å². The predicted octanol–water partition coefficient (Wildman–Crippen LogP) is 8.96. The fourth-order valence-corrected chi connectivity index (χ4v) is 4.48. The van der Waals surface area contributed by atoms with E-state index >= 15 is 0 Å². The molecule has 0 radical (unpaired) electrons. The highest BCUT2D eigenvalue weighted by atomic mass is 16.6. The van der Waals surface area contributed by atoms with E-state index in [1.54, 1.807) is 14.2 Å². The molecule has 0 fully saturated rings. The lowest BCUT2D eigenvalue weighted by Crippen LogP contribution is -2.31. The van der Waals surface area contributed by atoms with E-state index in [0.29, 0.717) is 26.4 Å². The van der Waals surface area contributed by atoms with Gasteiger partial charge >= 0.3 is 11.9 Å². The van der Waals surface area contributed by atoms with E-state index in [0.717, 1.165) is 51.4 Å². The number of ether oxygens (including phenoxy) is 5. The first-order valence-electron chi connectivity index (χ1n) is 16.2. The molecular formula is C38H62O7. The summed E-state index contributed by atoms with van der Waals surface area (Å²) >= 11 is 0. The van der Waals surface area contributed by atoms with Gasteiger partial charge in [0, 0.05) is 28.1 Å². The van der Waals surface area contributed by atoms with Gasteiger partial charge in [0.2, 0.25) is 0 Å². The average molecular weight is 631 g/mol. The van der Waals surface area contributed by atoms with Gasteiger partial charge in [-0.2, -0.15) is 0 Å². The Morgan fingerprint density at radius 1 is 0.489 bits per heavy atom. The second-order valence-corrected chi connectivity index (χ2v) is 11.9. The predicted molar refractivity (Wildman–Crippen MR) is 185 cm³/mol. The van der Waals surface area contributed by atoms with Gasteiger partial charge in [-0.05, 0) is 116 Å². The van der Waals surface area contributed by atoms with Gasteiger partial charge in [0.25, 0.3) is 0 Å². The summed E-state index contributed by atoms with van der Waals surface area (Å²) in [5, 5.41) is 0. The van der Waals surface area contributed by atoms with E-state index in [1.165, 1.54) is 47.3 Å². The molecule has 0 N–H and O–H groups in total. The normalized spacial score (nSPS) is 15.2. The summed E-state index contributed by atoms with van der Waals surface area (Å²) in [7, 11) is 3.42. The van der Waals surface area contributed by atoms with Crippen molar-refractivity contribution in [2.24, 2.45) is 0 Å². The van der Waals surface area contributed by atoms with Gasteiger partial charge in [-0.25, -0.2) is 0 Å². The number of allylic oxidation sites excluding steroid dienone is 8. The van der Waals surface area contributed by atoms with Crippen molar-refractivity contribution in [3.05, 3.63) is 69.9 Å². The summed E-state index contributed by atoms with van der Waals surface area (Å²) in [5.41, 5.74) is 7.51. The fraction of sp³-hybridized carbons (Fsp3) is 0.632. The molecule has 45 heavy (non-hydrogen) atoms. The van der Waals surface area contributed by atoms with Crippen LogP contribution in [-0.4, -0.2) is 64.8 Å². The molecule has 7 nitrogen and oxygen atoms in total. The van der Waals surface area contributed by atoms with Crippen LogP contribution in [0.25, 0.3) is 0 Å². The first-order valence-corrected chi connectivity index (χ1v) is 16.2. The van der Waals surface area contributed by atoms with E-state index in [9.17, 15) is 9.59 Å². The van der Waals surface area contributed by atoms with Gasteiger partial charge < -0.3 is 23.7 Å². The number of carbonyl (C=O) groups is 2. The molecular weight excluding hydrogens is 568 g/mol. The minimum atomic E-state index is -0.251. The molecule has 0 amide bonds. The summed E-state index contributed by atoms with van der Waals surface area (Å²) < 4.78 is 27.6. The molecule has 0 aliphatic rings. The molecule has 256 valence electrons. The maximum Gasteiger partial charge on any atom is 0.302 e. The zero-order valence-corrected chi connectivity index (χ0v) is 30.0. The number of hydrogen-bond donors (Lipinski definition) is 0. The molecule has 0 aliphatic carbocycles. The van der Waals surface area contributed by atoms with Crippen LogP contribution in [0.2, 0.25) is 0 Å². The zero-order valence-electron chi connectivity index (χ0n) is 30.0. The van der Waals surface area contributed by atoms with E-state index in [1.807, 2.05) is 12.2 Å². The fourth-order valence-electron chi connectivity index (χ4n) is 4.48. The molecule has 0 aromatic heterocycles. The van der Waals surface area contributed by atoms with Crippen LogP contribution >= 0.6 is 0 Å². The Kier molecular flexibility index (Phi) is 24.9. The van der Waals surface area contributed by atoms with Crippen molar-refractivity contribution in [3.8, 4) is 0 Å². The maximum absolute atomic E-state index is 10.9. The number of rotatable bonds is 24. The van der Waals surface area contributed by atoms with Crippen molar-refractivity contribution in [3.63, 3.8) is 0 Å². The molecule has 2 atom stereocenters. The smallest absolute Gasteiger partial charge is 0.302 e. The molecule has 7 heteroatoms. The topological polar surface area (TPSA) is 80.3 Å². The molecule has 0 aliphatic heterocycles. The molecule has 2 unspecified atom stereocenters. The minimum Gasteiger partial charge on any atom is -0.462 e. The number of carbonyl (C=O) groups excluding carboxylic acids is 2. The monoisotopic (exact) mass is 630 g/mol. The minimum absolute atomic E-state index is 0.147. The lowest BCUT2D eigenvalue weighted by Gasteiger charge is -2.26. The standard InChI is InChI=1S/C38H62O7/c1-29(15-11-17-31(3)23-25-43-35(7)39)19-13-21-33(5)37(27-41-9)45-38(28-42-10)34(6)22-14-20-30(2)16-12-18-32(4)24-26-44-36(8)40/h15-16,21-24,37-38H,11-14,17-20,25-28H2,1-10H3. The van der Waals surface area contributed by atoms with Crippen molar-refractivity contribution < 1.29 is 33.3 Å². The van der Waals surface area contributed by atoms with Crippen LogP contribution in [-0.2, 0) is 33.3 Å². The molecule has 0 saturated carbocycles. The van der Waals surface area contributed by atoms with Crippen LogP contribution in [0.1, 0.15) is 107 Å². The summed E-state index contributed by atoms with van der Waals surface area (Å²) in [6, 6.07) is 0. The third kappa shape index (κ3) is 24.2. The largest absolute Gasteiger partial charge is 0.462 e. The molecule has 0 heterocycles. The van der Waals surface area contributed by atoms with Gasteiger partial charge in [0.1, 0.15) is 25.4 Å². The van der Waals surface area contributed by atoms with Gasteiger partial charge in [-0.15, -0.1) is 0 Å². The molecule has 0 aromatic carbocycles. The average Bonchev–Trinajstić information content (AvgIpc) is 2.96. The Hall–Kier alpha value is -2.74. The Bertz CT molecular complexity index is 960. The van der Waals surface area contributed by atoms with Crippen molar-refractivity contribution in [1.29, 1.82) is 0 Å². The highest BCUT2D eigenvalue weighted by molar-refractivity contribution is 5.66. The van der Waals surface area contributed by atoms with Crippen LogP contribution in [0.4, 0.5) is 0 Å². The first kappa shape index (κ1) is 42.3. The summed E-state index contributed by atoms with van der Waals surface area (Å²) in [6.07, 6.45) is 20.5. The Morgan fingerprint density at radius 2 is 0.800 bits per heavy atom. The van der Waals surface area contributed by atoms with Crippen LogP contribution in [0, 0.1) is 0 Å². The number of hydrogen-bond acceptors (Lipinski definition) is 7. The Balaban J connectivity index is 4.95. The van der Waals surface area contributed by atoms with Crippen molar-refractivity contribution in [2.45, 2.75) is 119 Å². The first-order chi connectivity index (χ1) is 21.4. The van der Waals surface area contributed by atoms with Crippen LogP contribution in [0.3, 0.4) is 0 Å². The Morgan fingerprint density at radius 3 is 1.11 bits per heavy atom. The SMILES string of the molecule is COCC(OC(COC)C(C)=CCCC(C)=CCCC(C)=CCOC(C)=O)C(C)=CCCC(C)=CCCC(C)=CCOC(C)=O. The summed E-state index contributed by atoms with van der Waals surface area (Å²) in [5.74, 6) is -0.503. The van der Waals surface area contributed by atoms with E-state index in [-0.39, 0.29) is 24.1 Å². The molecule has 0 spiro atoms. The third-order valence-electron chi connectivity index (χ3n) is 7.49. The molecule has 0 saturated heterocycles.